The topological polar surface area (TPSA) is 38.0 Å². The van der Waals surface area contributed by atoms with Gasteiger partial charge in [0.05, 0.1) is 0 Å². The molecule has 0 spiro atoms. The molecule has 2 unspecified atom stereocenters. The van der Waals surface area contributed by atoms with Crippen LogP contribution in [0.2, 0.25) is 0 Å². The molecule has 0 saturated heterocycles. The third-order valence-electron chi connectivity index (χ3n) is 3.58. The van der Waals surface area contributed by atoms with Crippen LogP contribution in [0.1, 0.15) is 41.0 Å². The molecule has 1 rings (SSSR count). The van der Waals surface area contributed by atoms with Crippen LogP contribution in [0.4, 0.5) is 0 Å². The van der Waals surface area contributed by atoms with Crippen LogP contribution < -0.4 is 11.1 Å². The van der Waals surface area contributed by atoms with Gasteiger partial charge in [-0.1, -0.05) is 34.6 Å². The molecule has 14 heavy (non-hydrogen) atoms. The number of nitrogens with one attached hydrogen (secondary N) is 1. The fourth-order valence-corrected chi connectivity index (χ4v) is 1.64. The quantitative estimate of drug-likeness (QED) is 0.725. The Kier molecular flexibility index (Phi) is 3.27. The minimum Gasteiger partial charge on any atom is -0.326 e. The van der Waals surface area contributed by atoms with Gasteiger partial charge in [0.15, 0.2) is 0 Å². The molecule has 1 fully saturated rings. The first-order chi connectivity index (χ1) is 6.23. The summed E-state index contributed by atoms with van der Waals surface area (Å²) in [6.07, 6.45) is 1.37. The Morgan fingerprint density at radius 1 is 1.43 bits per heavy atom. The van der Waals surface area contributed by atoms with Crippen molar-refractivity contribution in [3.05, 3.63) is 0 Å². The van der Waals surface area contributed by atoms with Crippen LogP contribution in [-0.4, -0.2) is 19.1 Å². The summed E-state index contributed by atoms with van der Waals surface area (Å²) in [5.41, 5.74) is 6.86. The van der Waals surface area contributed by atoms with Gasteiger partial charge in [-0.3, -0.25) is 0 Å². The van der Waals surface area contributed by atoms with E-state index in [0.717, 1.165) is 19.0 Å². The molecule has 1 aliphatic rings. The van der Waals surface area contributed by atoms with Gasteiger partial charge in [-0.05, 0) is 29.7 Å². The van der Waals surface area contributed by atoms with E-state index >= 15 is 0 Å². The van der Waals surface area contributed by atoms with Gasteiger partial charge in [-0.15, -0.1) is 0 Å². The minimum atomic E-state index is 0.214. The summed E-state index contributed by atoms with van der Waals surface area (Å²) in [5.74, 6) is 0.870. The van der Waals surface area contributed by atoms with E-state index in [2.05, 4.69) is 39.9 Å². The van der Waals surface area contributed by atoms with Gasteiger partial charge in [0.1, 0.15) is 0 Å². The molecule has 84 valence electrons. The fraction of sp³-hybridized carbons (Fsp3) is 1.00. The van der Waals surface area contributed by atoms with Crippen molar-refractivity contribution in [1.29, 1.82) is 0 Å². The molecule has 2 nitrogen and oxygen atoms in total. The van der Waals surface area contributed by atoms with E-state index in [0.29, 0.717) is 5.41 Å². The van der Waals surface area contributed by atoms with Crippen LogP contribution >= 0.6 is 0 Å². The Morgan fingerprint density at radius 2 is 1.93 bits per heavy atom. The Balaban J connectivity index is 2.11. The number of hydrogen-bond acceptors (Lipinski definition) is 2. The molecular weight excluding hydrogens is 172 g/mol. The van der Waals surface area contributed by atoms with Gasteiger partial charge in [0.25, 0.3) is 0 Å². The molecule has 0 aromatic rings. The highest BCUT2D eigenvalue weighted by molar-refractivity contribution is 4.96. The second-order valence-corrected chi connectivity index (χ2v) is 6.52. The van der Waals surface area contributed by atoms with E-state index in [-0.39, 0.29) is 11.5 Å². The normalized spacial score (nSPS) is 27.4. The first-order valence-electron chi connectivity index (χ1n) is 5.70. The van der Waals surface area contributed by atoms with E-state index in [1.54, 1.807) is 0 Å². The number of hydrogen-bond donors (Lipinski definition) is 2. The fourth-order valence-electron chi connectivity index (χ4n) is 1.64. The molecular formula is C12H26N2. The zero-order valence-electron chi connectivity index (χ0n) is 10.4. The average molecular weight is 198 g/mol. The van der Waals surface area contributed by atoms with Crippen molar-refractivity contribution in [2.45, 2.75) is 47.1 Å². The molecule has 3 N–H and O–H groups in total. The molecule has 0 amide bonds. The molecule has 1 saturated carbocycles. The highest BCUT2D eigenvalue weighted by atomic mass is 14.9. The predicted molar refractivity (Wildman–Crippen MR) is 62.2 cm³/mol. The summed E-state index contributed by atoms with van der Waals surface area (Å²) in [6.45, 7) is 13.3. The van der Waals surface area contributed by atoms with Crippen LogP contribution in [0.3, 0.4) is 0 Å². The molecule has 2 heteroatoms. The molecule has 1 aliphatic carbocycles. The van der Waals surface area contributed by atoms with Crippen molar-refractivity contribution in [2.24, 2.45) is 22.5 Å². The average Bonchev–Trinajstić information content (AvgIpc) is 2.57. The van der Waals surface area contributed by atoms with E-state index in [4.69, 9.17) is 5.73 Å². The molecule has 2 atom stereocenters. The lowest BCUT2D eigenvalue weighted by Gasteiger charge is -2.27. The van der Waals surface area contributed by atoms with Crippen molar-refractivity contribution >= 4 is 0 Å². The first-order valence-corrected chi connectivity index (χ1v) is 5.70. The van der Waals surface area contributed by atoms with Crippen molar-refractivity contribution in [2.75, 3.05) is 13.1 Å². The molecule has 0 heterocycles. The molecule has 0 aromatic heterocycles. The maximum atomic E-state index is 6.06. The lowest BCUT2D eigenvalue weighted by molar-refractivity contribution is 0.307. The van der Waals surface area contributed by atoms with Crippen molar-refractivity contribution in [3.63, 3.8) is 0 Å². The van der Waals surface area contributed by atoms with Crippen molar-refractivity contribution in [1.82, 2.24) is 5.32 Å². The monoisotopic (exact) mass is 198 g/mol. The minimum absolute atomic E-state index is 0.214. The maximum absolute atomic E-state index is 6.06. The van der Waals surface area contributed by atoms with Crippen LogP contribution in [0.25, 0.3) is 0 Å². The zero-order chi connectivity index (χ0) is 11.0. The van der Waals surface area contributed by atoms with Gasteiger partial charge < -0.3 is 11.1 Å². The zero-order valence-corrected chi connectivity index (χ0v) is 10.4. The van der Waals surface area contributed by atoms with E-state index in [1.807, 2.05) is 0 Å². The van der Waals surface area contributed by atoms with Gasteiger partial charge in [-0.25, -0.2) is 0 Å². The van der Waals surface area contributed by atoms with Crippen LogP contribution in [0, 0.1) is 16.7 Å². The lowest BCUT2D eigenvalue weighted by Crippen LogP contribution is -2.44. The smallest absolute Gasteiger partial charge is 0.0214 e. The largest absolute Gasteiger partial charge is 0.326 e. The second kappa shape index (κ2) is 3.82. The van der Waals surface area contributed by atoms with Gasteiger partial charge >= 0.3 is 0 Å². The highest BCUT2D eigenvalue weighted by Crippen LogP contribution is 2.50. The second-order valence-electron chi connectivity index (χ2n) is 6.52. The molecule has 0 bridgehead atoms. The van der Waals surface area contributed by atoms with E-state index in [9.17, 15) is 0 Å². The predicted octanol–water partition coefficient (Wildman–Crippen LogP) is 2.00. The summed E-state index contributed by atoms with van der Waals surface area (Å²) in [5, 5.41) is 3.48. The summed E-state index contributed by atoms with van der Waals surface area (Å²) in [4.78, 5) is 0. The van der Waals surface area contributed by atoms with Crippen LogP contribution in [0.15, 0.2) is 0 Å². The van der Waals surface area contributed by atoms with Gasteiger partial charge in [0.2, 0.25) is 0 Å². The van der Waals surface area contributed by atoms with Crippen LogP contribution in [-0.2, 0) is 0 Å². The van der Waals surface area contributed by atoms with Gasteiger partial charge in [0, 0.05) is 12.6 Å². The summed E-state index contributed by atoms with van der Waals surface area (Å²) in [6, 6.07) is 0.254. The lowest BCUT2D eigenvalue weighted by atomic mass is 9.87. The summed E-state index contributed by atoms with van der Waals surface area (Å²) < 4.78 is 0. The Hall–Kier alpha value is -0.0800. The van der Waals surface area contributed by atoms with Crippen molar-refractivity contribution < 1.29 is 0 Å². The molecule has 0 aromatic carbocycles. The molecule has 0 aliphatic heterocycles. The van der Waals surface area contributed by atoms with Crippen LogP contribution in [0.5, 0.6) is 0 Å². The summed E-state index contributed by atoms with van der Waals surface area (Å²) >= 11 is 0. The Morgan fingerprint density at radius 3 is 2.29 bits per heavy atom. The number of nitrogens with two attached hydrogens (primary N) is 1. The Labute approximate surface area is 88.6 Å². The third-order valence-corrected chi connectivity index (χ3v) is 3.58. The standard InChI is InChI=1S/C12H26N2/c1-11(2,3)10(13)8-14-7-9-6-12(9,4)5/h9-10,14H,6-8,13H2,1-5H3. The number of rotatable bonds is 4. The SMILES string of the molecule is CC(C)(C)C(N)CNCC1CC1(C)C. The third kappa shape index (κ3) is 3.25. The Bertz CT molecular complexity index is 191. The van der Waals surface area contributed by atoms with Gasteiger partial charge in [-0.2, -0.15) is 0 Å². The van der Waals surface area contributed by atoms with Crippen molar-refractivity contribution in [3.8, 4) is 0 Å². The first kappa shape index (κ1) is 12.0. The van der Waals surface area contributed by atoms with E-state index < -0.39 is 0 Å². The highest BCUT2D eigenvalue weighted by Gasteiger charge is 2.44. The maximum Gasteiger partial charge on any atom is 0.0214 e. The van der Waals surface area contributed by atoms with E-state index in [1.165, 1.54) is 6.42 Å². The molecule has 0 radical (unpaired) electrons. The summed E-state index contributed by atoms with van der Waals surface area (Å²) in [7, 11) is 0.